The van der Waals surface area contributed by atoms with Crippen molar-refractivity contribution >= 4 is 15.9 Å². The summed E-state index contributed by atoms with van der Waals surface area (Å²) in [5.41, 5.74) is 2.35. The van der Waals surface area contributed by atoms with E-state index in [9.17, 15) is 17.6 Å². The van der Waals surface area contributed by atoms with E-state index in [1.54, 1.807) is 0 Å². The van der Waals surface area contributed by atoms with Gasteiger partial charge in [0.25, 0.3) is 0 Å². The first kappa shape index (κ1) is 18.1. The summed E-state index contributed by atoms with van der Waals surface area (Å²) in [6.07, 6.45) is 1.92. The second-order valence-corrected chi connectivity index (χ2v) is 8.84. The van der Waals surface area contributed by atoms with Gasteiger partial charge in [0, 0.05) is 19.1 Å². The minimum absolute atomic E-state index is 0.0495. The number of carbonyl (C=O) groups excluding carboxylic acids is 1. The number of sulfonamides is 1. The van der Waals surface area contributed by atoms with Crippen LogP contribution in [0.3, 0.4) is 0 Å². The van der Waals surface area contributed by atoms with Crippen LogP contribution in [0.4, 0.5) is 4.39 Å². The van der Waals surface area contributed by atoms with Gasteiger partial charge in [0.2, 0.25) is 15.9 Å². The van der Waals surface area contributed by atoms with Crippen molar-refractivity contribution in [3.8, 4) is 0 Å². The number of hydrogen-bond acceptors (Lipinski definition) is 3. The van der Waals surface area contributed by atoms with E-state index in [2.05, 4.69) is 10.8 Å². The van der Waals surface area contributed by atoms with Gasteiger partial charge in [-0.3, -0.25) is 4.79 Å². The van der Waals surface area contributed by atoms with Gasteiger partial charge < -0.3 is 4.90 Å². The van der Waals surface area contributed by atoms with E-state index in [1.165, 1.54) is 17.7 Å². The Kier molecular flexibility index (Phi) is 4.74. The summed E-state index contributed by atoms with van der Waals surface area (Å²) >= 11 is 0. The Hall–Kier alpha value is -2.25. The van der Waals surface area contributed by atoms with Gasteiger partial charge in [0.1, 0.15) is 5.82 Å². The Bertz CT molecular complexity index is 951. The van der Waals surface area contributed by atoms with Crippen molar-refractivity contribution in [1.82, 2.24) is 9.62 Å². The van der Waals surface area contributed by atoms with Gasteiger partial charge in [-0.2, -0.15) is 0 Å². The van der Waals surface area contributed by atoms with Gasteiger partial charge in [-0.05, 0) is 54.7 Å². The number of likely N-dealkylation sites (tertiary alicyclic amines) is 1. The zero-order valence-electron chi connectivity index (χ0n) is 14.8. The van der Waals surface area contributed by atoms with E-state index >= 15 is 0 Å². The number of piperidine rings is 1. The third kappa shape index (κ3) is 3.61. The SMILES string of the molecule is O=C(C1Cc2ccccc21)N1CCC(NS(=O)(=O)c2ccc(F)cc2)CC1. The first-order valence-electron chi connectivity index (χ1n) is 9.08. The minimum Gasteiger partial charge on any atom is -0.342 e. The molecule has 1 N–H and O–H groups in total. The smallest absolute Gasteiger partial charge is 0.240 e. The molecule has 1 aliphatic heterocycles. The van der Waals surface area contributed by atoms with Crippen LogP contribution in [0.15, 0.2) is 53.4 Å². The van der Waals surface area contributed by atoms with Crippen LogP contribution in [-0.2, 0) is 21.2 Å². The molecule has 0 spiro atoms. The van der Waals surface area contributed by atoms with Crippen molar-refractivity contribution in [2.24, 2.45) is 0 Å². The summed E-state index contributed by atoms with van der Waals surface area (Å²) in [4.78, 5) is 14.6. The van der Waals surface area contributed by atoms with Crippen molar-refractivity contribution in [2.75, 3.05) is 13.1 Å². The molecule has 0 aromatic heterocycles. The number of halogens is 1. The van der Waals surface area contributed by atoms with Crippen LogP contribution in [-0.4, -0.2) is 38.4 Å². The van der Waals surface area contributed by atoms with E-state index in [0.29, 0.717) is 25.9 Å². The number of rotatable bonds is 4. The van der Waals surface area contributed by atoms with Gasteiger partial charge >= 0.3 is 0 Å². The molecule has 2 aromatic rings. The molecular formula is C20H21FN2O3S. The summed E-state index contributed by atoms with van der Waals surface area (Å²) in [7, 11) is -3.68. The fraction of sp³-hybridized carbons (Fsp3) is 0.350. The molecule has 1 aliphatic carbocycles. The van der Waals surface area contributed by atoms with Crippen LogP contribution in [0, 0.1) is 5.82 Å². The van der Waals surface area contributed by atoms with Crippen LogP contribution >= 0.6 is 0 Å². The predicted octanol–water partition coefficient (Wildman–Crippen LogP) is 2.43. The highest BCUT2D eigenvalue weighted by Crippen LogP contribution is 2.36. The highest BCUT2D eigenvalue weighted by molar-refractivity contribution is 7.89. The number of nitrogens with zero attached hydrogens (tertiary/aromatic N) is 1. The molecule has 2 aliphatic rings. The maximum atomic E-state index is 13.0. The number of benzene rings is 2. The number of fused-ring (bicyclic) bond motifs is 1. The highest BCUT2D eigenvalue weighted by atomic mass is 32.2. The van der Waals surface area contributed by atoms with Gasteiger partial charge in [-0.25, -0.2) is 17.5 Å². The Balaban J connectivity index is 1.34. The molecule has 2 aromatic carbocycles. The average Bonchev–Trinajstić information content (AvgIpc) is 2.63. The van der Waals surface area contributed by atoms with Gasteiger partial charge in [-0.1, -0.05) is 24.3 Å². The number of nitrogens with one attached hydrogen (secondary N) is 1. The van der Waals surface area contributed by atoms with E-state index in [-0.39, 0.29) is 22.8 Å². The van der Waals surface area contributed by atoms with Crippen molar-refractivity contribution < 1.29 is 17.6 Å². The zero-order valence-corrected chi connectivity index (χ0v) is 15.6. The maximum absolute atomic E-state index is 13.0. The molecule has 142 valence electrons. The molecule has 7 heteroatoms. The lowest BCUT2D eigenvalue weighted by Gasteiger charge is -2.37. The maximum Gasteiger partial charge on any atom is 0.240 e. The fourth-order valence-corrected chi connectivity index (χ4v) is 5.12. The average molecular weight is 388 g/mol. The zero-order chi connectivity index (χ0) is 19.0. The Morgan fingerprint density at radius 2 is 1.70 bits per heavy atom. The Morgan fingerprint density at radius 3 is 2.37 bits per heavy atom. The van der Waals surface area contributed by atoms with Crippen molar-refractivity contribution in [3.05, 3.63) is 65.5 Å². The van der Waals surface area contributed by atoms with Crippen molar-refractivity contribution in [3.63, 3.8) is 0 Å². The molecular weight excluding hydrogens is 367 g/mol. The molecule has 1 atom stereocenters. The normalized spacial score (nSPS) is 20.0. The predicted molar refractivity (Wildman–Crippen MR) is 99.2 cm³/mol. The molecule has 1 heterocycles. The lowest BCUT2D eigenvalue weighted by atomic mass is 9.76. The molecule has 0 saturated carbocycles. The van der Waals surface area contributed by atoms with E-state index in [4.69, 9.17) is 0 Å². The van der Waals surface area contributed by atoms with E-state index < -0.39 is 15.8 Å². The summed E-state index contributed by atoms with van der Waals surface area (Å²) in [6.45, 7) is 1.07. The van der Waals surface area contributed by atoms with Crippen molar-refractivity contribution in [1.29, 1.82) is 0 Å². The van der Waals surface area contributed by atoms with Crippen molar-refractivity contribution in [2.45, 2.75) is 36.1 Å². The molecule has 0 radical (unpaired) electrons. The molecule has 4 rings (SSSR count). The molecule has 0 bridgehead atoms. The molecule has 1 amide bonds. The number of carbonyl (C=O) groups is 1. The second kappa shape index (κ2) is 7.05. The van der Waals surface area contributed by atoms with Gasteiger partial charge in [-0.15, -0.1) is 0 Å². The first-order chi connectivity index (χ1) is 12.9. The first-order valence-corrected chi connectivity index (χ1v) is 10.6. The summed E-state index contributed by atoms with van der Waals surface area (Å²) < 4.78 is 40.5. The topological polar surface area (TPSA) is 66.5 Å². The van der Waals surface area contributed by atoms with Crippen LogP contribution in [0.1, 0.15) is 29.9 Å². The molecule has 1 saturated heterocycles. The number of hydrogen-bond donors (Lipinski definition) is 1. The van der Waals surface area contributed by atoms with Crippen LogP contribution in [0.25, 0.3) is 0 Å². The molecule has 27 heavy (non-hydrogen) atoms. The minimum atomic E-state index is -3.68. The summed E-state index contributed by atoms with van der Waals surface area (Å²) in [5.74, 6) is -0.402. The third-order valence-electron chi connectivity index (χ3n) is 5.41. The monoisotopic (exact) mass is 388 g/mol. The quantitative estimate of drug-likeness (QED) is 0.875. The van der Waals surface area contributed by atoms with E-state index in [0.717, 1.165) is 24.1 Å². The summed E-state index contributed by atoms with van der Waals surface area (Å²) in [5, 5.41) is 0. The fourth-order valence-electron chi connectivity index (χ4n) is 3.82. The van der Waals surface area contributed by atoms with E-state index in [1.807, 2.05) is 23.1 Å². The second-order valence-electron chi connectivity index (χ2n) is 7.13. The van der Waals surface area contributed by atoms with Crippen LogP contribution < -0.4 is 4.72 Å². The van der Waals surface area contributed by atoms with Gasteiger partial charge in [0.05, 0.1) is 10.8 Å². The lowest BCUT2D eigenvalue weighted by molar-refractivity contribution is -0.134. The van der Waals surface area contributed by atoms with Gasteiger partial charge in [0.15, 0.2) is 0 Å². The third-order valence-corrected chi connectivity index (χ3v) is 6.94. The molecule has 5 nitrogen and oxygen atoms in total. The molecule has 1 fully saturated rings. The largest absolute Gasteiger partial charge is 0.342 e. The Labute approximate surface area is 158 Å². The molecule has 1 unspecified atom stereocenters. The van der Waals surface area contributed by atoms with Crippen LogP contribution in [0.5, 0.6) is 0 Å². The number of amides is 1. The highest BCUT2D eigenvalue weighted by Gasteiger charge is 2.36. The summed E-state index contributed by atoms with van der Waals surface area (Å²) in [6, 6.07) is 12.5. The Morgan fingerprint density at radius 1 is 1.04 bits per heavy atom. The lowest BCUT2D eigenvalue weighted by Crippen LogP contribution is -2.48. The van der Waals surface area contributed by atoms with Crippen LogP contribution in [0.2, 0.25) is 0 Å². The standard InChI is InChI=1S/C20H21FN2O3S/c21-15-5-7-17(8-6-15)27(25,26)22-16-9-11-23(12-10-16)20(24)19-13-14-3-1-2-4-18(14)19/h1-8,16,19,22H,9-13H2.